The molecule has 0 radical (unpaired) electrons. The lowest BCUT2D eigenvalue weighted by molar-refractivity contribution is 0.0696. The van der Waals surface area contributed by atoms with Crippen LogP contribution >= 0.6 is 0 Å². The number of benzene rings is 1. The van der Waals surface area contributed by atoms with Gasteiger partial charge in [-0.1, -0.05) is 19.1 Å². The summed E-state index contributed by atoms with van der Waals surface area (Å²) >= 11 is 0. The zero-order chi connectivity index (χ0) is 17.3. The summed E-state index contributed by atoms with van der Waals surface area (Å²) in [6.07, 6.45) is 2.04. The predicted molar refractivity (Wildman–Crippen MR) is 85.2 cm³/mol. The van der Waals surface area contributed by atoms with E-state index in [9.17, 15) is 14.0 Å². The summed E-state index contributed by atoms with van der Waals surface area (Å²) in [6.45, 7) is 2.56. The highest BCUT2D eigenvalue weighted by Crippen LogP contribution is 2.36. The minimum Gasteiger partial charge on any atom is -0.478 e. The minimum atomic E-state index is -1.11. The normalized spacial score (nSPS) is 20.2. The maximum Gasteiger partial charge on any atom is 0.335 e. The molecule has 1 aliphatic rings. The van der Waals surface area contributed by atoms with Crippen molar-refractivity contribution in [2.45, 2.75) is 19.4 Å². The van der Waals surface area contributed by atoms with Crippen molar-refractivity contribution in [1.29, 1.82) is 0 Å². The van der Waals surface area contributed by atoms with Gasteiger partial charge in [-0.15, -0.1) is 0 Å². The van der Waals surface area contributed by atoms with Crippen LogP contribution < -0.4 is 0 Å². The van der Waals surface area contributed by atoms with E-state index in [1.54, 1.807) is 17.0 Å². The van der Waals surface area contributed by atoms with E-state index in [0.29, 0.717) is 6.54 Å². The van der Waals surface area contributed by atoms with E-state index >= 15 is 0 Å². The number of carboxylic acid groups (broad SMARTS) is 1. The maximum atomic E-state index is 13.5. The summed E-state index contributed by atoms with van der Waals surface area (Å²) in [5.74, 6) is -1.52. The lowest BCUT2D eigenvalue weighted by Gasteiger charge is -2.25. The first-order chi connectivity index (χ1) is 11.5. The molecule has 24 heavy (non-hydrogen) atoms. The zero-order valence-corrected chi connectivity index (χ0v) is 13.1. The van der Waals surface area contributed by atoms with Gasteiger partial charge < -0.3 is 10.0 Å². The Morgan fingerprint density at radius 2 is 2.08 bits per heavy atom. The molecule has 0 spiro atoms. The number of rotatable bonds is 3. The van der Waals surface area contributed by atoms with Crippen LogP contribution in [0.25, 0.3) is 0 Å². The molecule has 0 saturated carbocycles. The molecule has 124 valence electrons. The molecule has 1 aliphatic heterocycles. The third-order valence-electron chi connectivity index (χ3n) is 4.23. The fraction of sp³-hybridized carbons (Fsp3) is 0.278. The SMILES string of the molecule is CC1CC(c2cccc(F)c2)N(C(=O)c2cc(C(=O)O)ccn2)C1. The Bertz CT molecular complexity index is 793. The third-order valence-corrected chi connectivity index (χ3v) is 4.23. The Hall–Kier alpha value is -2.76. The van der Waals surface area contributed by atoms with Crippen molar-refractivity contribution >= 4 is 11.9 Å². The van der Waals surface area contributed by atoms with Crippen molar-refractivity contribution in [2.75, 3.05) is 6.54 Å². The van der Waals surface area contributed by atoms with E-state index in [-0.39, 0.29) is 34.9 Å². The second kappa shape index (κ2) is 6.39. The van der Waals surface area contributed by atoms with E-state index in [1.165, 1.54) is 30.5 Å². The van der Waals surface area contributed by atoms with Gasteiger partial charge in [-0.2, -0.15) is 0 Å². The van der Waals surface area contributed by atoms with Crippen LogP contribution in [0.2, 0.25) is 0 Å². The summed E-state index contributed by atoms with van der Waals surface area (Å²) in [7, 11) is 0. The second-order valence-corrected chi connectivity index (χ2v) is 6.10. The third kappa shape index (κ3) is 3.13. The molecule has 1 N–H and O–H groups in total. The monoisotopic (exact) mass is 328 g/mol. The second-order valence-electron chi connectivity index (χ2n) is 6.10. The summed E-state index contributed by atoms with van der Waals surface area (Å²) in [6, 6.07) is 8.60. The van der Waals surface area contributed by atoms with Crippen LogP contribution in [0.4, 0.5) is 4.39 Å². The molecule has 3 rings (SSSR count). The average Bonchev–Trinajstić information content (AvgIpc) is 2.96. The highest BCUT2D eigenvalue weighted by Gasteiger charge is 2.35. The van der Waals surface area contributed by atoms with Crippen molar-refractivity contribution in [1.82, 2.24) is 9.88 Å². The molecular formula is C18H17FN2O3. The molecule has 1 saturated heterocycles. The number of hydrogen-bond acceptors (Lipinski definition) is 3. The first-order valence-electron chi connectivity index (χ1n) is 7.71. The van der Waals surface area contributed by atoms with E-state index in [1.807, 2.05) is 6.92 Å². The van der Waals surface area contributed by atoms with Gasteiger partial charge in [0, 0.05) is 12.7 Å². The van der Waals surface area contributed by atoms with E-state index in [2.05, 4.69) is 4.98 Å². The molecule has 1 amide bonds. The quantitative estimate of drug-likeness (QED) is 0.939. The van der Waals surface area contributed by atoms with Gasteiger partial charge in [0.2, 0.25) is 0 Å². The fourth-order valence-corrected chi connectivity index (χ4v) is 3.13. The smallest absolute Gasteiger partial charge is 0.335 e. The molecule has 1 aromatic carbocycles. The molecule has 1 fully saturated rings. The number of likely N-dealkylation sites (tertiary alicyclic amines) is 1. The van der Waals surface area contributed by atoms with Crippen LogP contribution in [0.1, 0.15) is 45.8 Å². The average molecular weight is 328 g/mol. The summed E-state index contributed by atoms with van der Waals surface area (Å²) in [4.78, 5) is 29.5. The van der Waals surface area contributed by atoms with E-state index in [4.69, 9.17) is 5.11 Å². The Morgan fingerprint density at radius 1 is 1.29 bits per heavy atom. The number of carboxylic acids is 1. The van der Waals surface area contributed by atoms with Crippen molar-refractivity contribution in [3.63, 3.8) is 0 Å². The highest BCUT2D eigenvalue weighted by molar-refractivity contribution is 5.96. The summed E-state index contributed by atoms with van der Waals surface area (Å²) in [5, 5.41) is 9.06. The number of aromatic carboxylic acids is 1. The molecule has 1 aromatic heterocycles. The number of carbonyl (C=O) groups is 2. The fourth-order valence-electron chi connectivity index (χ4n) is 3.13. The van der Waals surface area contributed by atoms with Crippen molar-refractivity contribution < 1.29 is 19.1 Å². The first kappa shape index (κ1) is 16.1. The molecule has 0 bridgehead atoms. The Kier molecular flexibility index (Phi) is 4.29. The van der Waals surface area contributed by atoms with Crippen LogP contribution in [0.3, 0.4) is 0 Å². The van der Waals surface area contributed by atoms with Crippen LogP contribution in [-0.2, 0) is 0 Å². The van der Waals surface area contributed by atoms with Gasteiger partial charge in [-0.05, 0) is 42.2 Å². The number of amides is 1. The van der Waals surface area contributed by atoms with Crippen LogP contribution in [0, 0.1) is 11.7 Å². The van der Waals surface area contributed by atoms with Crippen LogP contribution in [0.5, 0.6) is 0 Å². The molecule has 2 unspecified atom stereocenters. The predicted octanol–water partition coefficient (Wildman–Crippen LogP) is 3.14. The zero-order valence-electron chi connectivity index (χ0n) is 13.1. The number of nitrogens with zero attached hydrogens (tertiary/aromatic N) is 2. The van der Waals surface area contributed by atoms with Gasteiger partial charge in [-0.3, -0.25) is 9.78 Å². The lowest BCUT2D eigenvalue weighted by atomic mass is 10.0. The number of hydrogen-bond donors (Lipinski definition) is 1. The van der Waals surface area contributed by atoms with Crippen molar-refractivity contribution in [3.05, 3.63) is 65.2 Å². The minimum absolute atomic E-state index is 0.0166. The van der Waals surface area contributed by atoms with Gasteiger partial charge >= 0.3 is 5.97 Å². The Morgan fingerprint density at radius 3 is 2.79 bits per heavy atom. The topological polar surface area (TPSA) is 70.5 Å². The molecule has 2 atom stereocenters. The molecule has 2 aromatic rings. The number of pyridine rings is 1. The van der Waals surface area contributed by atoms with Gasteiger partial charge in [0.25, 0.3) is 5.91 Å². The first-order valence-corrected chi connectivity index (χ1v) is 7.71. The number of halogens is 1. The highest BCUT2D eigenvalue weighted by atomic mass is 19.1. The Labute approximate surface area is 138 Å². The Balaban J connectivity index is 1.92. The van der Waals surface area contributed by atoms with Crippen molar-refractivity contribution in [2.24, 2.45) is 5.92 Å². The molecular weight excluding hydrogens is 311 g/mol. The number of carbonyl (C=O) groups excluding carboxylic acids is 1. The standard InChI is InChI=1S/C18H17FN2O3/c1-11-7-16(12-3-2-4-14(19)8-12)21(10-11)17(22)15-9-13(18(23)24)5-6-20-15/h2-6,8-9,11,16H,7,10H2,1H3,(H,23,24). The molecule has 6 heteroatoms. The molecule has 5 nitrogen and oxygen atoms in total. The van der Waals surface area contributed by atoms with Gasteiger partial charge in [0.15, 0.2) is 0 Å². The van der Waals surface area contributed by atoms with E-state index < -0.39 is 5.97 Å². The van der Waals surface area contributed by atoms with Gasteiger partial charge in [-0.25, -0.2) is 9.18 Å². The van der Waals surface area contributed by atoms with Crippen molar-refractivity contribution in [3.8, 4) is 0 Å². The van der Waals surface area contributed by atoms with Crippen LogP contribution in [-0.4, -0.2) is 33.4 Å². The summed E-state index contributed by atoms with van der Waals surface area (Å²) in [5.41, 5.74) is 0.843. The number of aromatic nitrogens is 1. The van der Waals surface area contributed by atoms with Crippen LogP contribution in [0.15, 0.2) is 42.6 Å². The van der Waals surface area contributed by atoms with Gasteiger partial charge in [0.1, 0.15) is 11.5 Å². The largest absolute Gasteiger partial charge is 0.478 e. The van der Waals surface area contributed by atoms with E-state index in [0.717, 1.165) is 12.0 Å². The molecule has 0 aliphatic carbocycles. The van der Waals surface area contributed by atoms with Gasteiger partial charge in [0.05, 0.1) is 11.6 Å². The maximum absolute atomic E-state index is 13.5. The summed E-state index contributed by atoms with van der Waals surface area (Å²) < 4.78 is 13.5. The molecule has 2 heterocycles. The lowest BCUT2D eigenvalue weighted by Crippen LogP contribution is -2.32.